The Morgan fingerprint density at radius 2 is 1.71 bits per heavy atom. The molecule has 1 heterocycles. The number of nitrogens with zero attached hydrogens (tertiary/aromatic N) is 1. The van der Waals surface area contributed by atoms with Crippen LogP contribution in [0.5, 0.6) is 23.0 Å². The van der Waals surface area contributed by atoms with Crippen LogP contribution in [0.15, 0.2) is 18.2 Å². The molecule has 0 fully saturated rings. The smallest absolute Gasteiger partial charge is 0.491 e. The highest BCUT2D eigenvalue weighted by Crippen LogP contribution is 2.39. The van der Waals surface area contributed by atoms with Gasteiger partial charge in [-0.3, -0.25) is 4.98 Å². The molecule has 0 amide bonds. The second-order valence-corrected chi connectivity index (χ2v) is 6.68. The maximum Gasteiger partial charge on any atom is 0.513 e. The van der Waals surface area contributed by atoms with E-state index in [2.05, 4.69) is 14.5 Å². The standard InChI is InChI=1S/C22H20F3NO5/c1-6-14-11(3)20(31-22(27)29-5)12-8-16(10(2)7-15(12)26-14)30-17-9-13(23)21(28-4)19(25)18(17)24/h7-9H,6H2,1-5H3. The first-order valence-electron chi connectivity index (χ1n) is 9.30. The van der Waals surface area contributed by atoms with Crippen molar-refractivity contribution in [1.82, 2.24) is 4.98 Å². The van der Waals surface area contributed by atoms with Crippen molar-refractivity contribution < 1.29 is 36.9 Å². The van der Waals surface area contributed by atoms with Crippen LogP contribution in [0.2, 0.25) is 0 Å². The number of halogens is 3. The lowest BCUT2D eigenvalue weighted by Gasteiger charge is -2.16. The van der Waals surface area contributed by atoms with Crippen molar-refractivity contribution in [2.75, 3.05) is 14.2 Å². The Bertz CT molecular complexity index is 1180. The van der Waals surface area contributed by atoms with Crippen molar-refractivity contribution in [1.29, 1.82) is 0 Å². The van der Waals surface area contributed by atoms with Crippen LogP contribution in [0.25, 0.3) is 10.9 Å². The number of hydrogen-bond acceptors (Lipinski definition) is 6. The van der Waals surface area contributed by atoms with E-state index in [0.29, 0.717) is 40.2 Å². The first kappa shape index (κ1) is 22.2. The van der Waals surface area contributed by atoms with Gasteiger partial charge < -0.3 is 18.9 Å². The van der Waals surface area contributed by atoms with Gasteiger partial charge in [0.1, 0.15) is 11.5 Å². The first-order valence-corrected chi connectivity index (χ1v) is 9.30. The van der Waals surface area contributed by atoms with E-state index < -0.39 is 35.1 Å². The Labute approximate surface area is 176 Å². The zero-order chi connectivity index (χ0) is 22.9. The van der Waals surface area contributed by atoms with Gasteiger partial charge in [0.05, 0.1) is 19.7 Å². The molecule has 1 aromatic heterocycles. The van der Waals surface area contributed by atoms with Crippen molar-refractivity contribution in [2.45, 2.75) is 27.2 Å². The highest BCUT2D eigenvalue weighted by molar-refractivity contribution is 5.90. The summed E-state index contributed by atoms with van der Waals surface area (Å²) < 4.78 is 62.4. The number of methoxy groups -OCH3 is 2. The largest absolute Gasteiger partial charge is 0.513 e. The van der Waals surface area contributed by atoms with Gasteiger partial charge in [0, 0.05) is 22.7 Å². The SMILES string of the molecule is CCc1nc2cc(C)c(Oc3cc(F)c(OC)c(F)c3F)cc2c(OC(=O)OC)c1C. The monoisotopic (exact) mass is 435 g/mol. The number of ether oxygens (including phenoxy) is 4. The highest BCUT2D eigenvalue weighted by atomic mass is 19.2. The van der Waals surface area contributed by atoms with Crippen LogP contribution in [-0.4, -0.2) is 25.4 Å². The van der Waals surface area contributed by atoms with Crippen LogP contribution in [0.3, 0.4) is 0 Å². The summed E-state index contributed by atoms with van der Waals surface area (Å²) in [7, 11) is 2.20. The second-order valence-electron chi connectivity index (χ2n) is 6.68. The summed E-state index contributed by atoms with van der Waals surface area (Å²) in [5, 5.41) is 0.385. The fourth-order valence-electron chi connectivity index (χ4n) is 3.16. The number of pyridine rings is 1. The average molecular weight is 435 g/mol. The summed E-state index contributed by atoms with van der Waals surface area (Å²) in [5.74, 6) is -5.24. The van der Waals surface area contributed by atoms with Crippen LogP contribution >= 0.6 is 0 Å². The molecule has 0 aliphatic heterocycles. The molecule has 9 heteroatoms. The predicted octanol–water partition coefficient (Wildman–Crippen LogP) is 5.78. The molecule has 2 aromatic carbocycles. The van der Waals surface area contributed by atoms with Gasteiger partial charge >= 0.3 is 6.16 Å². The number of aryl methyl sites for hydroxylation is 2. The molecule has 0 N–H and O–H groups in total. The fraction of sp³-hybridized carbons (Fsp3) is 0.273. The Kier molecular flexibility index (Phi) is 6.24. The first-order chi connectivity index (χ1) is 14.7. The van der Waals surface area contributed by atoms with Gasteiger partial charge in [-0.15, -0.1) is 0 Å². The molecular weight excluding hydrogens is 415 g/mol. The van der Waals surface area contributed by atoms with Crippen LogP contribution in [0.1, 0.15) is 23.7 Å². The van der Waals surface area contributed by atoms with E-state index in [1.54, 1.807) is 19.9 Å². The number of aromatic nitrogens is 1. The van der Waals surface area contributed by atoms with Gasteiger partial charge in [0.15, 0.2) is 17.3 Å². The molecule has 31 heavy (non-hydrogen) atoms. The molecule has 0 aliphatic carbocycles. The molecule has 0 saturated carbocycles. The average Bonchev–Trinajstić information content (AvgIpc) is 2.74. The van der Waals surface area contributed by atoms with Gasteiger partial charge in [-0.25, -0.2) is 9.18 Å². The van der Waals surface area contributed by atoms with Crippen molar-refractivity contribution in [3.63, 3.8) is 0 Å². The van der Waals surface area contributed by atoms with E-state index >= 15 is 0 Å². The molecule has 0 radical (unpaired) electrons. The molecule has 0 spiro atoms. The molecule has 164 valence electrons. The van der Waals surface area contributed by atoms with Crippen molar-refractivity contribution in [3.8, 4) is 23.0 Å². The van der Waals surface area contributed by atoms with Crippen molar-refractivity contribution in [3.05, 3.63) is 52.5 Å². The minimum atomic E-state index is -1.50. The third-order valence-corrected chi connectivity index (χ3v) is 4.76. The van der Waals surface area contributed by atoms with Gasteiger partial charge in [-0.2, -0.15) is 8.78 Å². The van der Waals surface area contributed by atoms with Gasteiger partial charge in [0.25, 0.3) is 0 Å². The lowest BCUT2D eigenvalue weighted by atomic mass is 10.0. The number of carbonyl (C=O) groups is 1. The molecule has 3 aromatic rings. The second kappa shape index (κ2) is 8.71. The molecule has 6 nitrogen and oxygen atoms in total. The van der Waals surface area contributed by atoms with Crippen LogP contribution in [0.4, 0.5) is 18.0 Å². The Hall–Kier alpha value is -3.49. The van der Waals surface area contributed by atoms with Crippen molar-refractivity contribution >= 4 is 17.1 Å². The zero-order valence-corrected chi connectivity index (χ0v) is 17.6. The number of hydrogen-bond donors (Lipinski definition) is 0. The van der Waals surface area contributed by atoms with Crippen LogP contribution in [-0.2, 0) is 11.2 Å². The third-order valence-electron chi connectivity index (χ3n) is 4.76. The summed E-state index contributed by atoms with van der Waals surface area (Å²) in [6.07, 6.45) is -0.335. The summed E-state index contributed by atoms with van der Waals surface area (Å²) in [5.41, 5.74) is 2.34. The van der Waals surface area contributed by atoms with E-state index in [4.69, 9.17) is 9.47 Å². The minimum absolute atomic E-state index is 0.0931. The summed E-state index contributed by atoms with van der Waals surface area (Å²) in [6.45, 7) is 5.30. The molecular formula is C22H20F3NO5. The topological polar surface area (TPSA) is 66.9 Å². The molecule has 3 rings (SSSR count). The lowest BCUT2D eigenvalue weighted by Crippen LogP contribution is -2.10. The number of benzene rings is 2. The normalized spacial score (nSPS) is 10.8. The van der Waals surface area contributed by atoms with Crippen LogP contribution in [0, 0.1) is 31.3 Å². The van der Waals surface area contributed by atoms with Gasteiger partial charge in [-0.1, -0.05) is 6.92 Å². The van der Waals surface area contributed by atoms with E-state index in [-0.39, 0.29) is 11.5 Å². The molecule has 0 unspecified atom stereocenters. The van der Waals surface area contributed by atoms with E-state index in [1.165, 1.54) is 13.2 Å². The highest BCUT2D eigenvalue weighted by Gasteiger charge is 2.23. The molecule has 0 bridgehead atoms. The van der Waals surface area contributed by atoms with Crippen molar-refractivity contribution in [2.24, 2.45) is 0 Å². The Balaban J connectivity index is 2.18. The maximum absolute atomic E-state index is 14.4. The zero-order valence-electron chi connectivity index (χ0n) is 17.6. The van der Waals surface area contributed by atoms with Crippen LogP contribution < -0.4 is 14.2 Å². The van der Waals surface area contributed by atoms with Gasteiger partial charge in [-0.05, 0) is 38.0 Å². The van der Waals surface area contributed by atoms with E-state index in [0.717, 1.165) is 7.11 Å². The summed E-state index contributed by atoms with van der Waals surface area (Å²) in [6, 6.07) is 3.79. The minimum Gasteiger partial charge on any atom is -0.491 e. The number of rotatable bonds is 5. The summed E-state index contributed by atoms with van der Waals surface area (Å²) in [4.78, 5) is 16.3. The molecule has 0 aliphatic rings. The third kappa shape index (κ3) is 4.08. The fourth-order valence-corrected chi connectivity index (χ4v) is 3.16. The summed E-state index contributed by atoms with van der Waals surface area (Å²) >= 11 is 0. The molecule has 0 atom stereocenters. The van der Waals surface area contributed by atoms with E-state index in [9.17, 15) is 18.0 Å². The lowest BCUT2D eigenvalue weighted by molar-refractivity contribution is 0.121. The quantitative estimate of drug-likeness (QED) is 0.374. The predicted molar refractivity (Wildman–Crippen MR) is 107 cm³/mol. The number of carbonyl (C=O) groups excluding carboxylic acids is 1. The molecule has 0 saturated heterocycles. The van der Waals surface area contributed by atoms with Gasteiger partial charge in [0.2, 0.25) is 11.6 Å². The maximum atomic E-state index is 14.4. The van der Waals surface area contributed by atoms with E-state index in [1.807, 2.05) is 6.92 Å². The number of fused-ring (bicyclic) bond motifs is 1. The Morgan fingerprint density at radius 1 is 1.00 bits per heavy atom. The Morgan fingerprint density at radius 3 is 2.32 bits per heavy atom.